The fraction of sp³-hybridized carbons (Fsp3) is 0.0909. The molecule has 0 aliphatic carbocycles. The molecule has 0 spiro atoms. The molecule has 0 atom stereocenters. The van der Waals surface area contributed by atoms with E-state index >= 15 is 0 Å². The van der Waals surface area contributed by atoms with Gasteiger partial charge in [0.1, 0.15) is 0 Å². The second kappa shape index (κ2) is 9.66. The fourth-order valence-electron chi connectivity index (χ4n) is 3.23. The molecular formula is C22H14N2O6S4. The first-order chi connectivity index (χ1) is 16.3. The van der Waals surface area contributed by atoms with Crippen molar-refractivity contribution < 1.29 is 28.7 Å². The highest BCUT2D eigenvalue weighted by Crippen LogP contribution is 2.44. The number of hydrogen-bond acceptors (Lipinski definition) is 10. The number of anilines is 2. The number of benzene rings is 2. The van der Waals surface area contributed by atoms with Gasteiger partial charge in [-0.05, 0) is 36.4 Å². The second-order valence-corrected chi connectivity index (χ2v) is 10.0. The van der Waals surface area contributed by atoms with E-state index in [4.69, 9.17) is 33.9 Å². The van der Waals surface area contributed by atoms with Gasteiger partial charge >= 0.3 is 11.9 Å². The molecule has 12 heteroatoms. The lowest BCUT2D eigenvalue weighted by molar-refractivity contribution is -0.115. The number of rotatable bonds is 4. The van der Waals surface area contributed by atoms with Crippen LogP contribution in [0.5, 0.6) is 0 Å². The molecule has 2 amide bonds. The van der Waals surface area contributed by atoms with Crippen molar-refractivity contribution in [3.8, 4) is 0 Å². The summed E-state index contributed by atoms with van der Waals surface area (Å²) in [5.74, 6) is -2.11. The lowest BCUT2D eigenvalue weighted by Gasteiger charge is -2.15. The summed E-state index contributed by atoms with van der Waals surface area (Å²) in [6, 6.07) is 12.6. The van der Waals surface area contributed by atoms with Crippen LogP contribution >= 0.6 is 48.0 Å². The summed E-state index contributed by atoms with van der Waals surface area (Å²) in [5.41, 5.74) is 1.26. The van der Waals surface area contributed by atoms with Crippen LogP contribution in [0.3, 0.4) is 0 Å². The monoisotopic (exact) mass is 530 g/mol. The maximum Gasteiger partial charge on any atom is 0.337 e. The number of hydrogen-bond donors (Lipinski definition) is 0. The topological polar surface area (TPSA) is 93.2 Å². The smallest absolute Gasteiger partial charge is 0.337 e. The van der Waals surface area contributed by atoms with Gasteiger partial charge in [0.05, 0.1) is 46.5 Å². The third-order valence-corrected chi connectivity index (χ3v) is 7.67. The van der Waals surface area contributed by atoms with Crippen LogP contribution in [0.4, 0.5) is 11.4 Å². The molecule has 0 N–H and O–H groups in total. The van der Waals surface area contributed by atoms with E-state index in [-0.39, 0.29) is 29.6 Å². The van der Waals surface area contributed by atoms with Crippen LogP contribution < -0.4 is 9.80 Å². The summed E-state index contributed by atoms with van der Waals surface area (Å²) in [7, 11) is 2.52. The van der Waals surface area contributed by atoms with Crippen LogP contribution in [0, 0.1) is 0 Å². The first-order valence-corrected chi connectivity index (χ1v) is 11.9. The summed E-state index contributed by atoms with van der Waals surface area (Å²) in [6.45, 7) is 0. The van der Waals surface area contributed by atoms with Crippen molar-refractivity contribution in [3.63, 3.8) is 0 Å². The molecule has 0 unspecified atom stereocenters. The predicted molar refractivity (Wildman–Crippen MR) is 138 cm³/mol. The zero-order chi connectivity index (χ0) is 24.6. The van der Waals surface area contributed by atoms with Gasteiger partial charge < -0.3 is 9.47 Å². The van der Waals surface area contributed by atoms with Crippen LogP contribution in [-0.2, 0) is 19.1 Å². The molecule has 0 saturated carbocycles. The van der Waals surface area contributed by atoms with E-state index in [0.29, 0.717) is 11.4 Å². The number of amides is 2. The average molecular weight is 531 g/mol. The average Bonchev–Trinajstić information content (AvgIpc) is 3.31. The van der Waals surface area contributed by atoms with Crippen molar-refractivity contribution >= 4 is 91.7 Å². The molecule has 172 valence electrons. The van der Waals surface area contributed by atoms with Crippen molar-refractivity contribution in [1.82, 2.24) is 0 Å². The van der Waals surface area contributed by atoms with Crippen LogP contribution in [0.15, 0.2) is 58.3 Å². The largest absolute Gasteiger partial charge is 0.465 e. The van der Waals surface area contributed by atoms with Crippen LogP contribution in [0.25, 0.3) is 0 Å². The highest BCUT2D eigenvalue weighted by atomic mass is 32.2. The number of carbonyl (C=O) groups excluding carboxylic acids is 4. The number of methoxy groups -OCH3 is 2. The van der Waals surface area contributed by atoms with E-state index in [9.17, 15) is 19.2 Å². The SMILES string of the molecule is COC(=O)c1cccc(N2C(=O)C(=C3SC(=S)N(c4cccc(C(=O)OC)c4)C3=O)SC2=S)c1. The van der Waals surface area contributed by atoms with Gasteiger partial charge in [0.2, 0.25) is 0 Å². The minimum Gasteiger partial charge on any atom is -0.465 e. The number of thiocarbonyl (C=S) groups is 2. The standard InChI is InChI=1S/C22H14N2O6S4/c1-29-19(27)11-5-3-7-13(9-11)23-17(25)15(33-21(23)31)16-18(26)24(22(32)34-16)14-8-4-6-12(10-14)20(28)30-2/h3-10H,1-2H3. The van der Waals surface area contributed by atoms with E-state index in [1.807, 2.05) is 0 Å². The summed E-state index contributed by atoms with van der Waals surface area (Å²) in [4.78, 5) is 53.1. The lowest BCUT2D eigenvalue weighted by atomic mass is 10.2. The molecule has 8 nitrogen and oxygen atoms in total. The molecule has 4 rings (SSSR count). The van der Waals surface area contributed by atoms with E-state index in [0.717, 1.165) is 23.5 Å². The number of thioether (sulfide) groups is 2. The summed E-state index contributed by atoms with van der Waals surface area (Å²) >= 11 is 12.8. The van der Waals surface area contributed by atoms with Gasteiger partial charge in [0.25, 0.3) is 11.8 Å². The van der Waals surface area contributed by atoms with Gasteiger partial charge in [0.15, 0.2) is 8.64 Å². The molecule has 34 heavy (non-hydrogen) atoms. The van der Waals surface area contributed by atoms with Crippen LogP contribution in [0.1, 0.15) is 20.7 Å². The summed E-state index contributed by atoms with van der Waals surface area (Å²) in [6.07, 6.45) is 0. The van der Waals surface area contributed by atoms with E-state index < -0.39 is 23.8 Å². The first-order valence-electron chi connectivity index (χ1n) is 9.50. The zero-order valence-corrected chi connectivity index (χ0v) is 20.9. The highest BCUT2D eigenvalue weighted by Gasteiger charge is 2.43. The fourth-order valence-corrected chi connectivity index (χ4v) is 5.99. The number of esters is 2. The molecule has 2 aromatic carbocycles. The third kappa shape index (κ3) is 4.25. The summed E-state index contributed by atoms with van der Waals surface area (Å²) in [5, 5.41) is 0. The Morgan fingerprint density at radius 2 is 1.12 bits per heavy atom. The van der Waals surface area contributed by atoms with E-state index in [1.54, 1.807) is 36.4 Å². The van der Waals surface area contributed by atoms with Crippen molar-refractivity contribution in [3.05, 3.63) is 69.5 Å². The van der Waals surface area contributed by atoms with Crippen molar-refractivity contribution in [2.75, 3.05) is 24.0 Å². The predicted octanol–water partition coefficient (Wildman–Crippen LogP) is 3.90. The Morgan fingerprint density at radius 3 is 1.47 bits per heavy atom. The molecule has 2 saturated heterocycles. The Bertz CT molecular complexity index is 1220. The number of nitrogens with zero attached hydrogens (tertiary/aromatic N) is 2. The molecule has 2 aliphatic heterocycles. The molecule has 2 aromatic rings. The Labute approximate surface area is 213 Å². The van der Waals surface area contributed by atoms with Crippen molar-refractivity contribution in [1.29, 1.82) is 0 Å². The zero-order valence-electron chi connectivity index (χ0n) is 17.6. The van der Waals surface area contributed by atoms with Gasteiger partial charge in [-0.1, -0.05) is 60.1 Å². The van der Waals surface area contributed by atoms with Crippen molar-refractivity contribution in [2.24, 2.45) is 0 Å². The minimum atomic E-state index is -0.553. The molecule has 0 radical (unpaired) electrons. The molecule has 0 aromatic heterocycles. The van der Waals surface area contributed by atoms with Gasteiger partial charge in [-0.15, -0.1) is 0 Å². The Hall–Kier alpha value is -3.06. The maximum absolute atomic E-state index is 13.3. The summed E-state index contributed by atoms with van der Waals surface area (Å²) < 4.78 is 9.88. The van der Waals surface area contributed by atoms with Gasteiger partial charge in [-0.2, -0.15) is 0 Å². The van der Waals surface area contributed by atoms with E-state index in [1.165, 1.54) is 36.2 Å². The number of carbonyl (C=O) groups is 4. The Morgan fingerprint density at radius 1 is 0.735 bits per heavy atom. The van der Waals surface area contributed by atoms with Gasteiger partial charge in [-0.25, -0.2) is 9.59 Å². The molecule has 2 aliphatic rings. The van der Waals surface area contributed by atoms with E-state index in [2.05, 4.69) is 0 Å². The Kier molecular flexibility index (Phi) is 6.84. The highest BCUT2D eigenvalue weighted by molar-refractivity contribution is 8.30. The third-order valence-electron chi connectivity index (χ3n) is 4.80. The lowest BCUT2D eigenvalue weighted by Crippen LogP contribution is -2.29. The van der Waals surface area contributed by atoms with Crippen molar-refractivity contribution in [2.45, 2.75) is 0 Å². The van der Waals surface area contributed by atoms with Gasteiger partial charge in [0, 0.05) is 0 Å². The normalized spacial score (nSPS) is 18.1. The quantitative estimate of drug-likeness (QED) is 0.329. The maximum atomic E-state index is 13.3. The molecule has 2 heterocycles. The van der Waals surface area contributed by atoms with Crippen LogP contribution in [0.2, 0.25) is 0 Å². The molecule has 2 fully saturated rings. The Balaban J connectivity index is 1.68. The minimum absolute atomic E-state index is 0.137. The molecular weight excluding hydrogens is 517 g/mol. The number of ether oxygens (including phenoxy) is 2. The van der Waals surface area contributed by atoms with Gasteiger partial charge in [-0.3, -0.25) is 19.4 Å². The second-order valence-electron chi connectivity index (χ2n) is 6.76. The first kappa shape index (κ1) is 24.1. The molecule has 0 bridgehead atoms. The van der Waals surface area contributed by atoms with Crippen LogP contribution in [-0.4, -0.2) is 46.6 Å².